The highest BCUT2D eigenvalue weighted by atomic mass is 35.5. The molecule has 0 unspecified atom stereocenters. The summed E-state index contributed by atoms with van der Waals surface area (Å²) in [7, 11) is 0. The standard InChI is InChI=1S/C11H13ClN2/c1-9(14-7-3-6-13)10-4-2-5-11(12)8-10/h2,4-5,8-9,14H,3,7H2,1H3/t9-/m0/s1. The number of nitrogens with one attached hydrogen (secondary N) is 1. The van der Waals surface area contributed by atoms with E-state index in [2.05, 4.69) is 18.3 Å². The molecule has 0 aliphatic carbocycles. The lowest BCUT2D eigenvalue weighted by Gasteiger charge is -2.12. The molecule has 74 valence electrons. The minimum absolute atomic E-state index is 0.238. The molecule has 2 nitrogen and oxygen atoms in total. The van der Waals surface area contributed by atoms with Crippen molar-refractivity contribution in [3.05, 3.63) is 34.9 Å². The first kappa shape index (κ1) is 11.0. The number of nitriles is 1. The molecular formula is C11H13ClN2. The predicted molar refractivity (Wildman–Crippen MR) is 58.1 cm³/mol. The minimum atomic E-state index is 0.238. The smallest absolute Gasteiger partial charge is 0.0635 e. The van der Waals surface area contributed by atoms with Crippen molar-refractivity contribution in [2.45, 2.75) is 19.4 Å². The van der Waals surface area contributed by atoms with E-state index in [0.717, 1.165) is 10.6 Å². The van der Waals surface area contributed by atoms with Crippen molar-refractivity contribution in [2.24, 2.45) is 0 Å². The van der Waals surface area contributed by atoms with Crippen LogP contribution in [0, 0.1) is 11.3 Å². The predicted octanol–water partition coefficient (Wildman–Crippen LogP) is 2.90. The molecule has 1 aromatic rings. The Kier molecular flexibility index (Phi) is 4.45. The molecule has 14 heavy (non-hydrogen) atoms. The summed E-state index contributed by atoms with van der Waals surface area (Å²) in [6.45, 7) is 2.77. The molecule has 0 amide bonds. The van der Waals surface area contributed by atoms with Gasteiger partial charge in [-0.2, -0.15) is 5.26 Å². The average Bonchev–Trinajstić information content (AvgIpc) is 2.18. The monoisotopic (exact) mass is 208 g/mol. The molecule has 0 saturated heterocycles. The summed E-state index contributed by atoms with van der Waals surface area (Å²) in [5, 5.41) is 12.4. The van der Waals surface area contributed by atoms with E-state index >= 15 is 0 Å². The number of nitrogens with zero attached hydrogens (tertiary/aromatic N) is 1. The molecule has 0 aliphatic heterocycles. The molecule has 0 aromatic heterocycles. The molecule has 1 N–H and O–H groups in total. The number of halogens is 1. The van der Waals surface area contributed by atoms with Crippen LogP contribution < -0.4 is 5.32 Å². The van der Waals surface area contributed by atoms with E-state index in [0.29, 0.717) is 13.0 Å². The second-order valence-electron chi connectivity index (χ2n) is 3.14. The highest BCUT2D eigenvalue weighted by Crippen LogP contribution is 2.16. The lowest BCUT2D eigenvalue weighted by molar-refractivity contribution is 0.583. The summed E-state index contributed by atoms with van der Waals surface area (Å²) in [6, 6.07) is 10.1. The lowest BCUT2D eigenvalue weighted by atomic mass is 10.1. The highest BCUT2D eigenvalue weighted by Gasteiger charge is 2.03. The van der Waals surface area contributed by atoms with Crippen molar-refractivity contribution < 1.29 is 0 Å². The summed E-state index contributed by atoms with van der Waals surface area (Å²) >= 11 is 5.87. The zero-order chi connectivity index (χ0) is 10.4. The normalized spacial score (nSPS) is 12.1. The van der Waals surface area contributed by atoms with Gasteiger partial charge < -0.3 is 5.32 Å². The largest absolute Gasteiger partial charge is 0.309 e. The van der Waals surface area contributed by atoms with Gasteiger partial charge in [0.1, 0.15) is 0 Å². The fourth-order valence-corrected chi connectivity index (χ4v) is 1.44. The summed E-state index contributed by atoms with van der Waals surface area (Å²) in [5.41, 5.74) is 1.15. The molecule has 0 heterocycles. The second-order valence-corrected chi connectivity index (χ2v) is 3.58. The van der Waals surface area contributed by atoms with Gasteiger partial charge in [0, 0.05) is 24.0 Å². The van der Waals surface area contributed by atoms with Gasteiger partial charge in [0.15, 0.2) is 0 Å². The van der Waals surface area contributed by atoms with E-state index < -0.39 is 0 Å². The van der Waals surface area contributed by atoms with Gasteiger partial charge >= 0.3 is 0 Å². The Morgan fingerprint density at radius 1 is 1.57 bits per heavy atom. The maximum Gasteiger partial charge on any atom is 0.0635 e. The third-order valence-corrected chi connectivity index (χ3v) is 2.27. The van der Waals surface area contributed by atoms with E-state index in [4.69, 9.17) is 16.9 Å². The van der Waals surface area contributed by atoms with Gasteiger partial charge in [-0.05, 0) is 24.6 Å². The Balaban J connectivity index is 2.52. The van der Waals surface area contributed by atoms with Crippen molar-refractivity contribution in [1.29, 1.82) is 5.26 Å². The Morgan fingerprint density at radius 3 is 3.00 bits per heavy atom. The van der Waals surface area contributed by atoms with Gasteiger partial charge in [0.05, 0.1) is 6.07 Å². The minimum Gasteiger partial charge on any atom is -0.309 e. The van der Waals surface area contributed by atoms with Gasteiger partial charge in [-0.3, -0.25) is 0 Å². The van der Waals surface area contributed by atoms with Crippen LogP contribution in [0.4, 0.5) is 0 Å². The van der Waals surface area contributed by atoms with Crippen LogP contribution in [0.5, 0.6) is 0 Å². The van der Waals surface area contributed by atoms with Crippen LogP contribution in [-0.4, -0.2) is 6.54 Å². The van der Waals surface area contributed by atoms with Gasteiger partial charge in [-0.25, -0.2) is 0 Å². The molecule has 1 atom stereocenters. The van der Waals surface area contributed by atoms with Gasteiger partial charge in [0.2, 0.25) is 0 Å². The van der Waals surface area contributed by atoms with E-state index in [9.17, 15) is 0 Å². The lowest BCUT2D eigenvalue weighted by Crippen LogP contribution is -2.19. The average molecular weight is 209 g/mol. The Morgan fingerprint density at radius 2 is 2.36 bits per heavy atom. The zero-order valence-electron chi connectivity index (χ0n) is 8.13. The second kappa shape index (κ2) is 5.64. The molecule has 1 aromatic carbocycles. The van der Waals surface area contributed by atoms with Crippen molar-refractivity contribution in [1.82, 2.24) is 5.32 Å². The maximum atomic E-state index is 8.38. The quantitative estimate of drug-likeness (QED) is 0.773. The Labute approximate surface area is 89.5 Å². The maximum absolute atomic E-state index is 8.38. The molecule has 0 radical (unpaired) electrons. The van der Waals surface area contributed by atoms with Crippen LogP contribution in [0.3, 0.4) is 0 Å². The number of benzene rings is 1. The van der Waals surface area contributed by atoms with Gasteiger partial charge in [-0.1, -0.05) is 23.7 Å². The topological polar surface area (TPSA) is 35.8 Å². The first-order chi connectivity index (χ1) is 6.74. The van der Waals surface area contributed by atoms with E-state index in [1.807, 2.05) is 24.3 Å². The molecule has 1 rings (SSSR count). The molecule has 0 aliphatic rings. The molecule has 0 saturated carbocycles. The van der Waals surface area contributed by atoms with Crippen LogP contribution in [-0.2, 0) is 0 Å². The molecule has 0 spiro atoms. The summed E-state index contributed by atoms with van der Waals surface area (Å²) in [4.78, 5) is 0. The third-order valence-electron chi connectivity index (χ3n) is 2.04. The third kappa shape index (κ3) is 3.37. The number of hydrogen-bond acceptors (Lipinski definition) is 2. The van der Waals surface area contributed by atoms with E-state index in [-0.39, 0.29) is 6.04 Å². The zero-order valence-corrected chi connectivity index (χ0v) is 8.88. The first-order valence-electron chi connectivity index (χ1n) is 4.60. The fraction of sp³-hybridized carbons (Fsp3) is 0.364. The first-order valence-corrected chi connectivity index (χ1v) is 4.97. The van der Waals surface area contributed by atoms with Crippen molar-refractivity contribution in [3.63, 3.8) is 0 Å². The number of rotatable bonds is 4. The van der Waals surface area contributed by atoms with E-state index in [1.165, 1.54) is 0 Å². The van der Waals surface area contributed by atoms with Crippen LogP contribution >= 0.6 is 11.6 Å². The van der Waals surface area contributed by atoms with Crippen molar-refractivity contribution in [3.8, 4) is 6.07 Å². The SMILES string of the molecule is C[C@H](NCCC#N)c1cccc(Cl)c1. The van der Waals surface area contributed by atoms with Crippen LogP contribution in [0.2, 0.25) is 5.02 Å². The van der Waals surface area contributed by atoms with Crippen LogP contribution in [0.1, 0.15) is 24.9 Å². The molecule has 3 heteroatoms. The van der Waals surface area contributed by atoms with Gasteiger partial charge in [-0.15, -0.1) is 0 Å². The fourth-order valence-electron chi connectivity index (χ4n) is 1.24. The van der Waals surface area contributed by atoms with Crippen molar-refractivity contribution in [2.75, 3.05) is 6.54 Å². The summed E-state index contributed by atoms with van der Waals surface area (Å²) in [6.07, 6.45) is 0.533. The van der Waals surface area contributed by atoms with Crippen LogP contribution in [0.25, 0.3) is 0 Å². The molecule has 0 fully saturated rings. The summed E-state index contributed by atoms with van der Waals surface area (Å²) < 4.78 is 0. The Bertz CT molecular complexity index is 330. The van der Waals surface area contributed by atoms with Gasteiger partial charge in [0.25, 0.3) is 0 Å². The molecule has 0 bridgehead atoms. The number of hydrogen-bond donors (Lipinski definition) is 1. The Hall–Kier alpha value is -1.04. The van der Waals surface area contributed by atoms with Crippen LogP contribution in [0.15, 0.2) is 24.3 Å². The summed E-state index contributed by atoms with van der Waals surface area (Å²) in [5.74, 6) is 0. The van der Waals surface area contributed by atoms with E-state index in [1.54, 1.807) is 0 Å². The molecular weight excluding hydrogens is 196 g/mol. The highest BCUT2D eigenvalue weighted by molar-refractivity contribution is 6.30. The van der Waals surface area contributed by atoms with Crippen molar-refractivity contribution >= 4 is 11.6 Å².